The predicted octanol–water partition coefficient (Wildman–Crippen LogP) is 2.46. The van der Waals surface area contributed by atoms with Gasteiger partial charge in [-0.1, -0.05) is 18.2 Å². The number of aromatic nitrogens is 1. The van der Waals surface area contributed by atoms with Crippen molar-refractivity contribution in [2.45, 2.75) is 18.2 Å². The number of fused-ring (bicyclic) bond motifs is 1. The molecule has 0 unspecified atom stereocenters. The summed E-state index contributed by atoms with van der Waals surface area (Å²) in [5.74, 6) is -2.93. The zero-order valence-electron chi connectivity index (χ0n) is 18.3. The second-order valence-corrected chi connectivity index (χ2v) is 8.98. The number of benzene rings is 2. The molecule has 1 heterocycles. The highest BCUT2D eigenvalue weighted by atomic mass is 32.2. The molecular weight excluding hydrogens is 436 g/mol. The van der Waals surface area contributed by atoms with Crippen LogP contribution in [0.25, 0.3) is 10.9 Å². The summed E-state index contributed by atoms with van der Waals surface area (Å²) in [6.07, 6.45) is 0.764. The van der Waals surface area contributed by atoms with E-state index in [0.29, 0.717) is 5.52 Å². The smallest absolute Gasteiger partial charge is 0.414 e. The number of hydrogen-bond acceptors (Lipinski definition) is 6. The van der Waals surface area contributed by atoms with Gasteiger partial charge in [-0.25, -0.2) is 22.0 Å². The Morgan fingerprint density at radius 2 is 1.62 bits per heavy atom. The highest BCUT2D eigenvalue weighted by Gasteiger charge is 2.25. The van der Waals surface area contributed by atoms with Crippen LogP contribution in [-0.4, -0.2) is 67.2 Å². The Balaban J connectivity index is 0.000000534. The maximum absolute atomic E-state index is 13.3. The van der Waals surface area contributed by atoms with E-state index in [1.165, 1.54) is 3.97 Å². The number of nitrogens with zero attached hydrogens (tertiary/aromatic N) is 2. The molecule has 3 rings (SSSR count). The van der Waals surface area contributed by atoms with Crippen LogP contribution in [0.15, 0.2) is 53.4 Å². The van der Waals surface area contributed by atoms with Crippen molar-refractivity contribution < 1.29 is 33.0 Å². The molecule has 2 aromatic carbocycles. The molecule has 1 aromatic heterocycles. The molecule has 0 fully saturated rings. The molecule has 0 aliphatic carbocycles. The predicted molar refractivity (Wildman–Crippen MR) is 120 cm³/mol. The van der Waals surface area contributed by atoms with Crippen molar-refractivity contribution >= 4 is 32.9 Å². The quantitative estimate of drug-likeness (QED) is 0.535. The second kappa shape index (κ2) is 10.3. The van der Waals surface area contributed by atoms with Crippen LogP contribution in [0.5, 0.6) is 5.75 Å². The Morgan fingerprint density at radius 1 is 1.03 bits per heavy atom. The lowest BCUT2D eigenvalue weighted by Crippen LogP contribution is -2.17. The average molecular weight is 463 g/mol. The van der Waals surface area contributed by atoms with Gasteiger partial charge in [-0.05, 0) is 63.3 Å². The molecule has 10 heteroatoms. The maximum Gasteiger partial charge on any atom is 0.414 e. The summed E-state index contributed by atoms with van der Waals surface area (Å²) in [7, 11) is 1.96. The van der Waals surface area contributed by atoms with Crippen molar-refractivity contribution in [1.82, 2.24) is 8.87 Å². The van der Waals surface area contributed by atoms with E-state index in [4.69, 9.17) is 24.5 Å². The Kier molecular flexibility index (Phi) is 8.01. The van der Waals surface area contributed by atoms with Crippen molar-refractivity contribution in [3.63, 3.8) is 0 Å². The van der Waals surface area contributed by atoms with Crippen LogP contribution >= 0.6 is 0 Å². The van der Waals surface area contributed by atoms with Gasteiger partial charge < -0.3 is 19.8 Å². The molecule has 0 atom stereocenters. The van der Waals surface area contributed by atoms with Crippen molar-refractivity contribution in [1.29, 1.82) is 0 Å². The van der Waals surface area contributed by atoms with Crippen LogP contribution in [0.4, 0.5) is 0 Å². The monoisotopic (exact) mass is 462 g/mol. The molecular formula is C22H26N2O7S. The molecule has 9 nitrogen and oxygen atoms in total. The summed E-state index contributed by atoms with van der Waals surface area (Å²) in [5.41, 5.74) is 2.46. The molecule has 172 valence electrons. The molecule has 3 aromatic rings. The number of carboxylic acid groups (broad SMARTS) is 2. The van der Waals surface area contributed by atoms with Crippen LogP contribution < -0.4 is 4.74 Å². The van der Waals surface area contributed by atoms with Crippen LogP contribution in [0.2, 0.25) is 0 Å². The number of carboxylic acids is 2. The second-order valence-electron chi connectivity index (χ2n) is 7.19. The summed E-state index contributed by atoms with van der Waals surface area (Å²) in [4.78, 5) is 20.6. The number of carbonyl (C=O) groups is 2. The van der Waals surface area contributed by atoms with E-state index in [2.05, 4.69) is 4.90 Å². The fourth-order valence-corrected chi connectivity index (χ4v) is 4.82. The number of hydrogen-bond donors (Lipinski definition) is 2. The van der Waals surface area contributed by atoms with Crippen molar-refractivity contribution in [2.24, 2.45) is 0 Å². The first-order valence-corrected chi connectivity index (χ1v) is 11.0. The molecule has 0 radical (unpaired) electrons. The van der Waals surface area contributed by atoms with E-state index in [0.717, 1.165) is 35.4 Å². The van der Waals surface area contributed by atoms with Crippen molar-refractivity contribution in [3.05, 3.63) is 59.8 Å². The minimum absolute atomic E-state index is 0.287. The Labute approximate surface area is 186 Å². The largest absolute Gasteiger partial charge is 0.497 e. The first-order chi connectivity index (χ1) is 15.0. The number of methoxy groups -OCH3 is 1. The number of likely N-dealkylation sites (N-methyl/N-ethyl adjacent to an activating group) is 1. The molecule has 0 spiro atoms. The first-order valence-electron chi connectivity index (χ1n) is 9.60. The molecule has 0 aliphatic heterocycles. The van der Waals surface area contributed by atoms with E-state index in [1.807, 2.05) is 39.2 Å². The highest BCUT2D eigenvalue weighted by molar-refractivity contribution is 7.90. The number of aliphatic carboxylic acids is 2. The molecule has 32 heavy (non-hydrogen) atoms. The van der Waals surface area contributed by atoms with Gasteiger partial charge in [-0.2, -0.15) is 0 Å². The van der Waals surface area contributed by atoms with E-state index >= 15 is 0 Å². The minimum atomic E-state index is -3.67. The Hall–Kier alpha value is -3.37. The van der Waals surface area contributed by atoms with Gasteiger partial charge in [0.05, 0.1) is 17.5 Å². The van der Waals surface area contributed by atoms with Gasteiger partial charge in [0.25, 0.3) is 10.0 Å². The average Bonchev–Trinajstić information content (AvgIpc) is 3.04. The fourth-order valence-electron chi connectivity index (χ4n) is 3.22. The van der Waals surface area contributed by atoms with Gasteiger partial charge in [-0.3, -0.25) is 0 Å². The Bertz CT molecular complexity index is 1200. The normalized spacial score (nSPS) is 11.2. The summed E-state index contributed by atoms with van der Waals surface area (Å²) >= 11 is 0. The molecule has 2 N–H and O–H groups in total. The fraction of sp³-hybridized carbons (Fsp3) is 0.273. The van der Waals surface area contributed by atoms with Gasteiger partial charge >= 0.3 is 11.9 Å². The molecule has 0 amide bonds. The number of ether oxygens (including phenoxy) is 1. The van der Waals surface area contributed by atoms with Gasteiger partial charge in [-0.15, -0.1) is 0 Å². The summed E-state index contributed by atoms with van der Waals surface area (Å²) in [5, 5.41) is 15.7. The zero-order chi connectivity index (χ0) is 24.1. The SMILES string of the molecule is COc1ccc2c(c1)c(CCN(C)C)c(C)n2S(=O)(=O)c1ccccc1.O=C(O)C(=O)O. The maximum atomic E-state index is 13.3. The topological polar surface area (TPSA) is 126 Å². The van der Waals surface area contributed by atoms with Crippen LogP contribution in [0.3, 0.4) is 0 Å². The van der Waals surface area contributed by atoms with E-state index in [9.17, 15) is 8.42 Å². The molecule has 0 aliphatic rings. The van der Waals surface area contributed by atoms with Gasteiger partial charge in [0, 0.05) is 17.6 Å². The number of rotatable bonds is 6. The van der Waals surface area contributed by atoms with Crippen LogP contribution in [-0.2, 0) is 26.0 Å². The van der Waals surface area contributed by atoms with E-state index in [-0.39, 0.29) is 4.90 Å². The van der Waals surface area contributed by atoms with E-state index in [1.54, 1.807) is 37.4 Å². The van der Waals surface area contributed by atoms with Crippen LogP contribution in [0.1, 0.15) is 11.3 Å². The molecule has 0 saturated heterocycles. The lowest BCUT2D eigenvalue weighted by Gasteiger charge is -2.11. The van der Waals surface area contributed by atoms with Gasteiger partial charge in [0.15, 0.2) is 0 Å². The standard InChI is InChI=1S/C20H24N2O3S.C2H2O4/c1-15-18(12-13-21(2)3)19-14-16(25-4)10-11-20(19)22(15)26(23,24)17-8-6-5-7-9-17;3-1(4)2(5)6/h5-11,14H,12-13H2,1-4H3;(H,3,4)(H,5,6). The lowest BCUT2D eigenvalue weighted by molar-refractivity contribution is -0.159. The zero-order valence-corrected chi connectivity index (χ0v) is 19.1. The van der Waals surface area contributed by atoms with Gasteiger partial charge in [0.2, 0.25) is 0 Å². The molecule has 0 bridgehead atoms. The van der Waals surface area contributed by atoms with Crippen molar-refractivity contribution in [2.75, 3.05) is 27.7 Å². The summed E-state index contributed by atoms with van der Waals surface area (Å²) in [6.45, 7) is 2.71. The Morgan fingerprint density at radius 3 is 2.12 bits per heavy atom. The minimum Gasteiger partial charge on any atom is -0.497 e. The summed E-state index contributed by atoms with van der Waals surface area (Å²) < 4.78 is 33.4. The third kappa shape index (κ3) is 5.45. The third-order valence-electron chi connectivity index (χ3n) is 4.76. The van der Waals surface area contributed by atoms with Crippen LogP contribution in [0, 0.1) is 6.92 Å². The summed E-state index contributed by atoms with van der Waals surface area (Å²) in [6, 6.07) is 14.1. The van der Waals surface area contributed by atoms with Gasteiger partial charge in [0.1, 0.15) is 5.75 Å². The molecule has 0 saturated carbocycles. The van der Waals surface area contributed by atoms with Crippen molar-refractivity contribution in [3.8, 4) is 5.75 Å². The lowest BCUT2D eigenvalue weighted by atomic mass is 10.1. The first kappa shape index (κ1) is 24.9. The van der Waals surface area contributed by atoms with E-state index < -0.39 is 22.0 Å². The highest BCUT2D eigenvalue weighted by Crippen LogP contribution is 2.32. The third-order valence-corrected chi connectivity index (χ3v) is 6.58.